The molecule has 0 unspecified atom stereocenters. The van der Waals surface area contributed by atoms with E-state index in [2.05, 4.69) is 16.1 Å². The van der Waals surface area contributed by atoms with Crippen molar-refractivity contribution < 1.29 is 4.79 Å². The number of nitrogen functional groups attached to an aromatic ring is 1. The molecule has 0 fully saturated rings. The van der Waals surface area contributed by atoms with Crippen molar-refractivity contribution in [1.82, 2.24) is 10.2 Å². The van der Waals surface area contributed by atoms with Gasteiger partial charge in [-0.25, -0.2) is 0 Å². The molecule has 13 heavy (non-hydrogen) atoms. The Kier molecular flexibility index (Phi) is 3.09. The second-order valence-corrected chi connectivity index (χ2v) is 2.68. The van der Waals surface area contributed by atoms with Crippen LogP contribution in [0.15, 0.2) is 6.20 Å². The third kappa shape index (κ3) is 2.34. The first-order valence-corrected chi connectivity index (χ1v) is 4.01. The molecule has 4 nitrogen and oxygen atoms in total. The third-order valence-electron chi connectivity index (χ3n) is 1.69. The number of nitrogens with two attached hydrogens (primary N) is 1. The largest absolute Gasteiger partial charge is 0.383 e. The summed E-state index contributed by atoms with van der Waals surface area (Å²) >= 11 is 0. The van der Waals surface area contributed by atoms with Crippen LogP contribution in [0.25, 0.3) is 0 Å². The van der Waals surface area contributed by atoms with Crippen LogP contribution in [0.5, 0.6) is 0 Å². The smallest absolute Gasteiger partial charge is 0.168 e. The number of ketones is 1. The van der Waals surface area contributed by atoms with Gasteiger partial charge in [0.1, 0.15) is 5.82 Å². The molecule has 0 spiro atoms. The van der Waals surface area contributed by atoms with Crippen LogP contribution < -0.4 is 5.73 Å². The number of rotatable bonds is 4. The maximum atomic E-state index is 11.4. The minimum absolute atomic E-state index is 0.0125. The SMILES string of the molecule is C#CCCCC(=O)c1cn[nH]c1N. The first kappa shape index (κ1) is 9.33. The summed E-state index contributed by atoms with van der Waals surface area (Å²) in [5.41, 5.74) is 5.92. The van der Waals surface area contributed by atoms with E-state index in [-0.39, 0.29) is 5.78 Å². The van der Waals surface area contributed by atoms with Gasteiger partial charge in [-0.05, 0) is 6.42 Å². The quantitative estimate of drug-likeness (QED) is 0.409. The Labute approximate surface area is 76.5 Å². The highest BCUT2D eigenvalue weighted by molar-refractivity contribution is 5.99. The molecule has 0 aliphatic carbocycles. The predicted molar refractivity (Wildman–Crippen MR) is 50.0 cm³/mol. The molecule has 0 bridgehead atoms. The van der Waals surface area contributed by atoms with E-state index in [4.69, 9.17) is 12.2 Å². The number of aromatic nitrogens is 2. The molecule has 0 aromatic carbocycles. The zero-order valence-corrected chi connectivity index (χ0v) is 7.21. The number of nitrogens with zero attached hydrogens (tertiary/aromatic N) is 1. The van der Waals surface area contributed by atoms with Crippen molar-refractivity contribution in [2.45, 2.75) is 19.3 Å². The highest BCUT2D eigenvalue weighted by Crippen LogP contribution is 2.10. The molecule has 0 atom stereocenters. The molecule has 4 heteroatoms. The summed E-state index contributed by atoms with van der Waals surface area (Å²) in [6.45, 7) is 0. The Balaban J connectivity index is 2.50. The fourth-order valence-electron chi connectivity index (χ4n) is 1.00. The van der Waals surface area contributed by atoms with Crippen LogP contribution in [-0.4, -0.2) is 16.0 Å². The van der Waals surface area contributed by atoms with Crippen molar-refractivity contribution in [2.75, 3.05) is 5.73 Å². The minimum atomic E-state index is -0.0125. The summed E-state index contributed by atoms with van der Waals surface area (Å²) in [5.74, 6) is 2.79. The van der Waals surface area contributed by atoms with Crippen molar-refractivity contribution in [3.63, 3.8) is 0 Å². The average molecular weight is 177 g/mol. The van der Waals surface area contributed by atoms with Crippen molar-refractivity contribution in [2.24, 2.45) is 0 Å². The number of carbonyl (C=O) groups is 1. The van der Waals surface area contributed by atoms with Crippen LogP contribution in [0.4, 0.5) is 5.82 Å². The maximum absolute atomic E-state index is 11.4. The summed E-state index contributed by atoms with van der Waals surface area (Å²) in [4.78, 5) is 11.4. The lowest BCUT2D eigenvalue weighted by Gasteiger charge is -1.95. The summed E-state index contributed by atoms with van der Waals surface area (Å²) in [7, 11) is 0. The number of carbonyl (C=O) groups excluding carboxylic acids is 1. The van der Waals surface area contributed by atoms with Crippen molar-refractivity contribution in [1.29, 1.82) is 0 Å². The Hall–Kier alpha value is -1.76. The minimum Gasteiger partial charge on any atom is -0.383 e. The third-order valence-corrected chi connectivity index (χ3v) is 1.69. The molecule has 1 aromatic rings. The molecule has 1 rings (SSSR count). The van der Waals surface area contributed by atoms with Crippen LogP contribution in [0.1, 0.15) is 29.6 Å². The van der Waals surface area contributed by atoms with E-state index in [0.29, 0.717) is 30.6 Å². The summed E-state index contributed by atoms with van der Waals surface area (Å²) in [6, 6.07) is 0. The predicted octanol–water partition coefficient (Wildman–Crippen LogP) is 0.978. The van der Waals surface area contributed by atoms with E-state index >= 15 is 0 Å². The van der Waals surface area contributed by atoms with E-state index in [1.807, 2.05) is 0 Å². The fraction of sp³-hybridized carbons (Fsp3) is 0.333. The topological polar surface area (TPSA) is 71.8 Å². The van der Waals surface area contributed by atoms with Crippen molar-refractivity contribution in [3.05, 3.63) is 11.8 Å². The Morgan fingerprint density at radius 2 is 2.54 bits per heavy atom. The Bertz CT molecular complexity index is 335. The van der Waals surface area contributed by atoms with Gasteiger partial charge in [-0.2, -0.15) is 5.10 Å². The number of terminal acetylenes is 1. The molecule has 0 radical (unpaired) electrons. The Morgan fingerprint density at radius 3 is 3.08 bits per heavy atom. The summed E-state index contributed by atoms with van der Waals surface area (Å²) < 4.78 is 0. The zero-order valence-electron chi connectivity index (χ0n) is 7.21. The van der Waals surface area contributed by atoms with E-state index in [1.54, 1.807) is 0 Å². The summed E-state index contributed by atoms with van der Waals surface area (Å²) in [5, 5.41) is 6.17. The molecular weight excluding hydrogens is 166 g/mol. The number of H-pyrrole nitrogens is 1. The van der Waals surface area contributed by atoms with E-state index < -0.39 is 0 Å². The first-order valence-electron chi connectivity index (χ1n) is 4.01. The molecule has 1 aromatic heterocycles. The summed E-state index contributed by atoms with van der Waals surface area (Å²) in [6.07, 6.45) is 8.23. The van der Waals surface area contributed by atoms with Crippen LogP contribution in [0, 0.1) is 12.3 Å². The van der Waals surface area contributed by atoms with Gasteiger partial charge >= 0.3 is 0 Å². The number of aromatic amines is 1. The van der Waals surface area contributed by atoms with Gasteiger partial charge < -0.3 is 5.73 Å². The second-order valence-electron chi connectivity index (χ2n) is 2.68. The lowest BCUT2D eigenvalue weighted by Crippen LogP contribution is -2.01. The van der Waals surface area contributed by atoms with E-state index in [1.165, 1.54) is 6.20 Å². The molecule has 3 N–H and O–H groups in total. The van der Waals surface area contributed by atoms with Gasteiger partial charge in [0.15, 0.2) is 5.78 Å². The van der Waals surface area contributed by atoms with Gasteiger partial charge in [-0.1, -0.05) is 0 Å². The molecule has 0 amide bonds. The van der Waals surface area contributed by atoms with Crippen molar-refractivity contribution >= 4 is 11.6 Å². The lowest BCUT2D eigenvalue weighted by molar-refractivity contribution is 0.0981. The van der Waals surface area contributed by atoms with Crippen molar-refractivity contribution in [3.8, 4) is 12.3 Å². The second kappa shape index (κ2) is 4.31. The highest BCUT2D eigenvalue weighted by Gasteiger charge is 2.10. The van der Waals surface area contributed by atoms with Crippen LogP contribution in [-0.2, 0) is 0 Å². The van der Waals surface area contributed by atoms with Crippen LogP contribution in [0.2, 0.25) is 0 Å². The average Bonchev–Trinajstić information content (AvgIpc) is 2.52. The van der Waals surface area contributed by atoms with Gasteiger partial charge in [0, 0.05) is 12.8 Å². The lowest BCUT2D eigenvalue weighted by atomic mass is 10.1. The van der Waals surface area contributed by atoms with Gasteiger partial charge in [-0.3, -0.25) is 9.89 Å². The van der Waals surface area contributed by atoms with E-state index in [9.17, 15) is 4.79 Å². The molecule has 0 saturated heterocycles. The van der Waals surface area contributed by atoms with E-state index in [0.717, 1.165) is 0 Å². The normalized spacial score (nSPS) is 9.46. The number of anilines is 1. The number of unbranched alkanes of at least 4 members (excludes halogenated alkanes) is 1. The molecule has 68 valence electrons. The molecule has 1 heterocycles. The molecule has 0 aliphatic rings. The Morgan fingerprint density at radius 1 is 1.77 bits per heavy atom. The maximum Gasteiger partial charge on any atom is 0.168 e. The first-order chi connectivity index (χ1) is 6.25. The molecule has 0 saturated carbocycles. The monoisotopic (exact) mass is 177 g/mol. The van der Waals surface area contributed by atoms with Crippen LogP contribution in [0.3, 0.4) is 0 Å². The van der Waals surface area contributed by atoms with Gasteiger partial charge in [0.05, 0.1) is 11.8 Å². The highest BCUT2D eigenvalue weighted by atomic mass is 16.1. The van der Waals surface area contributed by atoms with Gasteiger partial charge in [-0.15, -0.1) is 12.3 Å². The van der Waals surface area contributed by atoms with Crippen LogP contribution >= 0.6 is 0 Å². The fourth-order valence-corrected chi connectivity index (χ4v) is 1.00. The number of hydrogen-bond acceptors (Lipinski definition) is 3. The number of Topliss-reactive ketones (excluding diaryl/α,β-unsaturated/α-hetero) is 1. The molecule has 0 aliphatic heterocycles. The number of hydrogen-bond donors (Lipinski definition) is 2. The zero-order chi connectivity index (χ0) is 9.68. The van der Waals surface area contributed by atoms with Gasteiger partial charge in [0.25, 0.3) is 0 Å². The van der Waals surface area contributed by atoms with Gasteiger partial charge in [0.2, 0.25) is 0 Å². The molecular formula is C9H11N3O. The standard InChI is InChI=1S/C9H11N3O/c1-2-3-4-5-8(13)7-6-11-12-9(7)10/h1,6H,3-5H2,(H3,10,11,12). The number of nitrogens with one attached hydrogen (secondary N) is 1.